The molecule has 3 amide bonds. The first-order chi connectivity index (χ1) is 12.1. The summed E-state index contributed by atoms with van der Waals surface area (Å²) < 4.78 is 5.18. The predicted octanol–water partition coefficient (Wildman–Crippen LogP) is 1.39. The summed E-state index contributed by atoms with van der Waals surface area (Å²) in [5.74, 6) is 0.0760. The zero-order chi connectivity index (χ0) is 17.3. The zero-order valence-corrected chi connectivity index (χ0v) is 13.7. The van der Waals surface area contributed by atoms with E-state index >= 15 is 0 Å². The van der Waals surface area contributed by atoms with E-state index in [0.717, 1.165) is 11.4 Å². The summed E-state index contributed by atoms with van der Waals surface area (Å²) in [5.41, 5.74) is 2.81. The Labute approximate surface area is 144 Å². The standard InChI is InChI=1S/C19H18N2O4/c1-25-14-5-3-2-4-11(14)17(22)20-21-18(23)15-9-6-7-10(13-8-12(9)13)16(15)19(21)24/h2-7,9-10,12-13,15-16H,8H2,1H3,(H,20,22)/t9-,10-,12-,13+,15+,16+/m0/s1. The third kappa shape index (κ3) is 1.88. The lowest BCUT2D eigenvalue weighted by molar-refractivity contribution is -0.143. The van der Waals surface area contributed by atoms with Crippen molar-refractivity contribution in [3.63, 3.8) is 0 Å². The number of hydrazine groups is 1. The Hall–Kier alpha value is -2.63. The van der Waals surface area contributed by atoms with Gasteiger partial charge in [0.1, 0.15) is 5.75 Å². The molecule has 0 spiro atoms. The van der Waals surface area contributed by atoms with Gasteiger partial charge in [0.25, 0.3) is 17.7 Å². The Bertz CT molecular complexity index is 796. The lowest BCUT2D eigenvalue weighted by Crippen LogP contribution is -2.47. The van der Waals surface area contributed by atoms with Gasteiger partial charge in [-0.2, -0.15) is 5.01 Å². The van der Waals surface area contributed by atoms with Crippen molar-refractivity contribution in [1.82, 2.24) is 10.4 Å². The van der Waals surface area contributed by atoms with Gasteiger partial charge in [0, 0.05) is 0 Å². The van der Waals surface area contributed by atoms with E-state index in [1.807, 2.05) is 0 Å². The Morgan fingerprint density at radius 3 is 2.28 bits per heavy atom. The summed E-state index contributed by atoms with van der Waals surface area (Å²) >= 11 is 0. The van der Waals surface area contributed by atoms with Crippen LogP contribution in [0.5, 0.6) is 5.75 Å². The monoisotopic (exact) mass is 338 g/mol. The molecule has 1 aromatic rings. The average Bonchev–Trinajstić information content (AvgIpc) is 3.42. The molecule has 1 aromatic carbocycles. The predicted molar refractivity (Wildman–Crippen MR) is 87.0 cm³/mol. The zero-order valence-electron chi connectivity index (χ0n) is 13.7. The number of nitrogens with one attached hydrogen (secondary N) is 1. The summed E-state index contributed by atoms with van der Waals surface area (Å²) in [7, 11) is 1.47. The molecule has 128 valence electrons. The number of hydrogen-bond donors (Lipinski definition) is 1. The molecule has 0 aromatic heterocycles. The lowest BCUT2D eigenvalue weighted by Gasteiger charge is -2.37. The fraction of sp³-hybridized carbons (Fsp3) is 0.421. The van der Waals surface area contributed by atoms with Gasteiger partial charge in [0.2, 0.25) is 0 Å². The molecule has 1 heterocycles. The van der Waals surface area contributed by atoms with Crippen LogP contribution in [0.15, 0.2) is 36.4 Å². The highest BCUT2D eigenvalue weighted by Crippen LogP contribution is 2.65. The number of carbonyl (C=O) groups excluding carboxylic acids is 3. The van der Waals surface area contributed by atoms with Gasteiger partial charge in [0.15, 0.2) is 0 Å². The van der Waals surface area contributed by atoms with Gasteiger partial charge >= 0.3 is 0 Å². The molecule has 0 unspecified atom stereocenters. The largest absolute Gasteiger partial charge is 0.496 e. The Balaban J connectivity index is 1.42. The van der Waals surface area contributed by atoms with E-state index in [1.54, 1.807) is 24.3 Å². The number of methoxy groups -OCH3 is 1. The number of allylic oxidation sites excluding steroid dienone is 2. The molecule has 2 saturated carbocycles. The van der Waals surface area contributed by atoms with Crippen molar-refractivity contribution in [3.05, 3.63) is 42.0 Å². The minimum atomic E-state index is -0.511. The van der Waals surface area contributed by atoms with E-state index in [9.17, 15) is 14.4 Å². The second-order valence-electron chi connectivity index (χ2n) is 7.31. The van der Waals surface area contributed by atoms with Crippen LogP contribution in [0, 0.1) is 35.5 Å². The van der Waals surface area contributed by atoms with Crippen LogP contribution in [0.25, 0.3) is 0 Å². The van der Waals surface area contributed by atoms with E-state index in [-0.39, 0.29) is 35.5 Å². The van der Waals surface area contributed by atoms with Gasteiger partial charge in [-0.15, -0.1) is 0 Å². The van der Waals surface area contributed by atoms with Crippen molar-refractivity contribution in [1.29, 1.82) is 0 Å². The minimum Gasteiger partial charge on any atom is -0.496 e. The van der Waals surface area contributed by atoms with Gasteiger partial charge < -0.3 is 4.74 Å². The lowest BCUT2D eigenvalue weighted by atomic mass is 9.63. The number of nitrogens with zero attached hydrogens (tertiary/aromatic N) is 1. The summed E-state index contributed by atoms with van der Waals surface area (Å²) in [5, 5.41) is 0.946. The molecule has 1 saturated heterocycles. The van der Waals surface area contributed by atoms with E-state index in [2.05, 4.69) is 17.6 Å². The van der Waals surface area contributed by atoms with Crippen LogP contribution < -0.4 is 10.2 Å². The molecule has 4 aliphatic carbocycles. The van der Waals surface area contributed by atoms with Crippen LogP contribution in [0.1, 0.15) is 16.8 Å². The molecule has 3 fully saturated rings. The van der Waals surface area contributed by atoms with Crippen LogP contribution in [0.2, 0.25) is 0 Å². The Morgan fingerprint density at radius 1 is 1.08 bits per heavy atom. The molecule has 1 aliphatic heterocycles. The summed E-state index contributed by atoms with van der Waals surface area (Å²) in [6.07, 6.45) is 5.33. The molecule has 6 rings (SSSR count). The smallest absolute Gasteiger partial charge is 0.274 e. The second kappa shape index (κ2) is 4.94. The summed E-state index contributed by atoms with van der Waals surface area (Å²) in [6.45, 7) is 0. The highest BCUT2D eigenvalue weighted by molar-refractivity contribution is 6.09. The number of para-hydroxylation sites is 1. The first-order valence-corrected chi connectivity index (χ1v) is 8.62. The van der Waals surface area contributed by atoms with E-state index in [0.29, 0.717) is 23.1 Å². The molecule has 6 nitrogen and oxygen atoms in total. The number of hydrogen-bond acceptors (Lipinski definition) is 4. The highest BCUT2D eigenvalue weighted by atomic mass is 16.5. The third-order valence-electron chi connectivity index (χ3n) is 6.23. The molecule has 5 aliphatic rings. The fourth-order valence-corrected chi connectivity index (χ4v) is 5.06. The molecule has 0 radical (unpaired) electrons. The molecule has 6 heteroatoms. The molecular weight excluding hydrogens is 320 g/mol. The Kier molecular flexibility index (Phi) is 2.90. The van der Waals surface area contributed by atoms with Crippen molar-refractivity contribution < 1.29 is 19.1 Å². The van der Waals surface area contributed by atoms with Gasteiger partial charge in [-0.1, -0.05) is 24.3 Å². The second-order valence-corrected chi connectivity index (χ2v) is 7.31. The molecule has 1 N–H and O–H groups in total. The first kappa shape index (κ1) is 14.7. The number of rotatable bonds is 3. The number of ether oxygens (including phenoxy) is 1. The van der Waals surface area contributed by atoms with Crippen molar-refractivity contribution >= 4 is 17.7 Å². The average molecular weight is 338 g/mol. The first-order valence-electron chi connectivity index (χ1n) is 8.62. The minimum absolute atomic E-state index is 0.143. The number of benzene rings is 1. The Morgan fingerprint density at radius 2 is 1.68 bits per heavy atom. The van der Waals surface area contributed by atoms with E-state index < -0.39 is 5.91 Å². The number of amides is 3. The van der Waals surface area contributed by atoms with Crippen LogP contribution in [0.3, 0.4) is 0 Å². The normalized spacial score (nSPS) is 36.9. The molecule has 6 atom stereocenters. The van der Waals surface area contributed by atoms with Crippen LogP contribution in [-0.4, -0.2) is 29.8 Å². The van der Waals surface area contributed by atoms with Gasteiger partial charge in [-0.25, -0.2) is 0 Å². The third-order valence-corrected chi connectivity index (χ3v) is 6.23. The van der Waals surface area contributed by atoms with Crippen molar-refractivity contribution in [2.24, 2.45) is 35.5 Å². The highest BCUT2D eigenvalue weighted by Gasteiger charge is 2.67. The van der Waals surface area contributed by atoms with E-state index in [1.165, 1.54) is 7.11 Å². The van der Waals surface area contributed by atoms with Crippen LogP contribution >= 0.6 is 0 Å². The maximum Gasteiger partial charge on any atom is 0.274 e. The molecule has 2 bridgehead atoms. The topological polar surface area (TPSA) is 75.7 Å². The van der Waals surface area contributed by atoms with Gasteiger partial charge in [-0.05, 0) is 42.2 Å². The number of carbonyl (C=O) groups is 3. The van der Waals surface area contributed by atoms with Gasteiger partial charge in [0.05, 0.1) is 24.5 Å². The maximum atomic E-state index is 12.9. The SMILES string of the molecule is COc1ccccc1C(=O)NN1C(=O)[C@@H]2[C@H]3C=C[C@@H]([C@@H]4C[C@H]34)[C@H]2C1=O. The van der Waals surface area contributed by atoms with Crippen molar-refractivity contribution in [2.45, 2.75) is 6.42 Å². The maximum absolute atomic E-state index is 12.9. The molecule has 25 heavy (non-hydrogen) atoms. The van der Waals surface area contributed by atoms with E-state index in [4.69, 9.17) is 4.74 Å². The van der Waals surface area contributed by atoms with Gasteiger partial charge in [-0.3, -0.25) is 19.8 Å². The summed E-state index contributed by atoms with van der Waals surface area (Å²) in [4.78, 5) is 38.3. The quantitative estimate of drug-likeness (QED) is 0.668. The van der Waals surface area contributed by atoms with Crippen LogP contribution in [-0.2, 0) is 9.59 Å². The number of imide groups is 1. The van der Waals surface area contributed by atoms with Crippen molar-refractivity contribution in [3.8, 4) is 5.75 Å². The molecular formula is C19H18N2O4. The van der Waals surface area contributed by atoms with Crippen LogP contribution in [0.4, 0.5) is 0 Å². The van der Waals surface area contributed by atoms with Crippen molar-refractivity contribution in [2.75, 3.05) is 7.11 Å². The fourth-order valence-electron chi connectivity index (χ4n) is 5.06. The summed E-state index contributed by atoms with van der Waals surface area (Å²) in [6, 6.07) is 6.74.